The first-order chi connectivity index (χ1) is 13.6. The number of amides is 2. The molecule has 2 amide bonds. The van der Waals surface area contributed by atoms with Crippen LogP contribution in [0.25, 0.3) is 22.2 Å². The fourth-order valence-corrected chi connectivity index (χ4v) is 2.95. The average molecular weight is 377 g/mol. The van der Waals surface area contributed by atoms with Crippen molar-refractivity contribution in [1.29, 1.82) is 0 Å². The van der Waals surface area contributed by atoms with Crippen LogP contribution >= 0.6 is 0 Å². The second-order valence-electron chi connectivity index (χ2n) is 6.43. The van der Waals surface area contributed by atoms with Crippen LogP contribution in [0.2, 0.25) is 0 Å². The molecule has 0 unspecified atom stereocenters. The number of fused-ring (bicyclic) bond motifs is 1. The largest absolute Gasteiger partial charge is 0.385 e. The van der Waals surface area contributed by atoms with E-state index in [-0.39, 0.29) is 11.8 Å². The van der Waals surface area contributed by atoms with E-state index < -0.39 is 0 Å². The molecule has 144 valence electrons. The van der Waals surface area contributed by atoms with Crippen LogP contribution < -0.4 is 10.6 Å². The predicted molar refractivity (Wildman–Crippen MR) is 110 cm³/mol. The van der Waals surface area contributed by atoms with Gasteiger partial charge in [0.15, 0.2) is 0 Å². The van der Waals surface area contributed by atoms with Crippen LogP contribution in [0.1, 0.15) is 23.7 Å². The van der Waals surface area contributed by atoms with Crippen LogP contribution in [0.5, 0.6) is 0 Å². The van der Waals surface area contributed by atoms with E-state index in [4.69, 9.17) is 9.72 Å². The summed E-state index contributed by atoms with van der Waals surface area (Å²) in [5.41, 5.74) is 3.63. The second-order valence-corrected chi connectivity index (χ2v) is 6.43. The van der Waals surface area contributed by atoms with E-state index in [1.807, 2.05) is 48.5 Å². The van der Waals surface area contributed by atoms with E-state index in [1.165, 1.54) is 6.92 Å². The number of anilines is 1. The lowest BCUT2D eigenvalue weighted by atomic mass is 10.0. The molecule has 3 aromatic rings. The minimum Gasteiger partial charge on any atom is -0.385 e. The summed E-state index contributed by atoms with van der Waals surface area (Å²) in [6.07, 6.45) is 0.753. The fourth-order valence-electron chi connectivity index (χ4n) is 2.95. The molecular formula is C22H23N3O3. The molecule has 0 spiro atoms. The highest BCUT2D eigenvalue weighted by Crippen LogP contribution is 2.26. The molecule has 28 heavy (non-hydrogen) atoms. The van der Waals surface area contributed by atoms with Crippen molar-refractivity contribution in [2.45, 2.75) is 13.3 Å². The minimum absolute atomic E-state index is 0.121. The molecule has 0 aliphatic rings. The van der Waals surface area contributed by atoms with Crippen LogP contribution in [0.3, 0.4) is 0 Å². The zero-order chi connectivity index (χ0) is 19.9. The van der Waals surface area contributed by atoms with Gasteiger partial charge in [-0.3, -0.25) is 9.59 Å². The van der Waals surface area contributed by atoms with Crippen molar-refractivity contribution in [2.24, 2.45) is 0 Å². The lowest BCUT2D eigenvalue weighted by Crippen LogP contribution is -2.25. The van der Waals surface area contributed by atoms with Gasteiger partial charge in [-0.25, -0.2) is 4.98 Å². The molecule has 0 fully saturated rings. The summed E-state index contributed by atoms with van der Waals surface area (Å²) in [4.78, 5) is 28.6. The van der Waals surface area contributed by atoms with Gasteiger partial charge in [0.25, 0.3) is 5.91 Å². The summed E-state index contributed by atoms with van der Waals surface area (Å²) < 4.78 is 5.02. The third-order valence-corrected chi connectivity index (χ3v) is 4.27. The summed E-state index contributed by atoms with van der Waals surface area (Å²) in [5, 5.41) is 6.49. The van der Waals surface area contributed by atoms with Crippen LogP contribution in [-0.4, -0.2) is 37.1 Å². The maximum absolute atomic E-state index is 12.8. The molecule has 0 saturated carbocycles. The standard InChI is InChI=1S/C22H23N3O3/c1-15(26)24-17-10-8-16(9-11-17)21-14-19(22(27)23-12-5-13-28-2)18-6-3-4-7-20(18)25-21/h3-4,6-11,14H,5,12-13H2,1-2H3,(H,23,27)(H,24,26). The van der Waals surface area contributed by atoms with Crippen molar-refractivity contribution < 1.29 is 14.3 Å². The number of methoxy groups -OCH3 is 1. The lowest BCUT2D eigenvalue weighted by Gasteiger charge is -2.11. The third-order valence-electron chi connectivity index (χ3n) is 4.27. The van der Waals surface area contributed by atoms with E-state index in [0.29, 0.717) is 30.1 Å². The zero-order valence-electron chi connectivity index (χ0n) is 16.0. The number of ether oxygens (including phenoxy) is 1. The van der Waals surface area contributed by atoms with E-state index in [2.05, 4.69) is 10.6 Å². The van der Waals surface area contributed by atoms with Crippen molar-refractivity contribution in [2.75, 3.05) is 25.6 Å². The molecule has 6 heteroatoms. The molecule has 6 nitrogen and oxygen atoms in total. The molecule has 1 heterocycles. The molecular weight excluding hydrogens is 354 g/mol. The smallest absolute Gasteiger partial charge is 0.252 e. The van der Waals surface area contributed by atoms with Gasteiger partial charge in [-0.1, -0.05) is 30.3 Å². The predicted octanol–water partition coefficient (Wildman–Crippen LogP) is 3.63. The topological polar surface area (TPSA) is 80.3 Å². The number of rotatable bonds is 7. The summed E-state index contributed by atoms with van der Waals surface area (Å²) in [7, 11) is 1.64. The van der Waals surface area contributed by atoms with Crippen LogP contribution in [-0.2, 0) is 9.53 Å². The summed E-state index contributed by atoms with van der Waals surface area (Å²) >= 11 is 0. The van der Waals surface area contributed by atoms with Gasteiger partial charge in [-0.05, 0) is 30.7 Å². The Morgan fingerprint density at radius 1 is 1.07 bits per heavy atom. The number of aromatic nitrogens is 1. The Morgan fingerprint density at radius 2 is 1.82 bits per heavy atom. The van der Waals surface area contributed by atoms with Gasteiger partial charge in [0.2, 0.25) is 5.91 Å². The Hall–Kier alpha value is -3.25. The first-order valence-electron chi connectivity index (χ1n) is 9.13. The first kappa shape index (κ1) is 19.5. The van der Waals surface area contributed by atoms with Crippen LogP contribution in [0, 0.1) is 0 Å². The van der Waals surface area contributed by atoms with Crippen molar-refractivity contribution in [3.63, 3.8) is 0 Å². The summed E-state index contributed by atoms with van der Waals surface area (Å²) in [5.74, 6) is -0.255. The van der Waals surface area contributed by atoms with Gasteiger partial charge in [0, 0.05) is 43.8 Å². The Bertz CT molecular complexity index is 984. The molecule has 0 aliphatic carbocycles. The average Bonchev–Trinajstić information content (AvgIpc) is 2.70. The maximum Gasteiger partial charge on any atom is 0.252 e. The highest BCUT2D eigenvalue weighted by Gasteiger charge is 2.13. The Balaban J connectivity index is 1.93. The van der Waals surface area contributed by atoms with Crippen molar-refractivity contribution in [3.8, 4) is 11.3 Å². The number of para-hydroxylation sites is 1. The Labute approximate surface area is 163 Å². The van der Waals surface area contributed by atoms with Gasteiger partial charge >= 0.3 is 0 Å². The molecule has 0 bridgehead atoms. The van der Waals surface area contributed by atoms with Crippen molar-refractivity contribution >= 4 is 28.4 Å². The van der Waals surface area contributed by atoms with Crippen LogP contribution in [0.4, 0.5) is 5.69 Å². The molecule has 0 atom stereocenters. The summed E-state index contributed by atoms with van der Waals surface area (Å²) in [6, 6.07) is 16.8. The quantitative estimate of drug-likeness (QED) is 0.616. The van der Waals surface area contributed by atoms with Crippen molar-refractivity contribution in [1.82, 2.24) is 10.3 Å². The molecule has 0 aliphatic heterocycles. The molecule has 1 aromatic heterocycles. The lowest BCUT2D eigenvalue weighted by molar-refractivity contribution is -0.114. The molecule has 2 aromatic carbocycles. The molecule has 0 saturated heterocycles. The van der Waals surface area contributed by atoms with E-state index >= 15 is 0 Å². The number of pyridine rings is 1. The van der Waals surface area contributed by atoms with E-state index in [1.54, 1.807) is 13.2 Å². The zero-order valence-corrected chi connectivity index (χ0v) is 16.0. The SMILES string of the molecule is COCCCNC(=O)c1cc(-c2ccc(NC(C)=O)cc2)nc2ccccc12. The first-order valence-corrected chi connectivity index (χ1v) is 9.13. The number of hydrogen-bond donors (Lipinski definition) is 2. The third kappa shape index (κ3) is 4.72. The monoisotopic (exact) mass is 377 g/mol. The molecule has 0 radical (unpaired) electrons. The summed E-state index contributed by atoms with van der Waals surface area (Å²) in [6.45, 7) is 2.61. The minimum atomic E-state index is -0.134. The number of carbonyl (C=O) groups excluding carboxylic acids is 2. The normalized spacial score (nSPS) is 10.6. The van der Waals surface area contributed by atoms with Crippen LogP contribution in [0.15, 0.2) is 54.6 Å². The van der Waals surface area contributed by atoms with E-state index in [9.17, 15) is 9.59 Å². The fraction of sp³-hybridized carbons (Fsp3) is 0.227. The Morgan fingerprint density at radius 3 is 2.54 bits per heavy atom. The highest BCUT2D eigenvalue weighted by molar-refractivity contribution is 6.07. The number of hydrogen-bond acceptors (Lipinski definition) is 4. The highest BCUT2D eigenvalue weighted by atomic mass is 16.5. The van der Waals surface area contributed by atoms with E-state index in [0.717, 1.165) is 22.9 Å². The maximum atomic E-state index is 12.8. The van der Waals surface area contributed by atoms with Gasteiger partial charge in [0.1, 0.15) is 0 Å². The van der Waals surface area contributed by atoms with Crippen molar-refractivity contribution in [3.05, 3.63) is 60.2 Å². The number of carbonyl (C=O) groups is 2. The Kier molecular flexibility index (Phi) is 6.34. The number of nitrogens with one attached hydrogen (secondary N) is 2. The van der Waals surface area contributed by atoms with Gasteiger partial charge in [-0.2, -0.15) is 0 Å². The number of nitrogens with zero attached hydrogens (tertiary/aromatic N) is 1. The second kappa shape index (κ2) is 9.10. The molecule has 2 N–H and O–H groups in total. The van der Waals surface area contributed by atoms with Gasteiger partial charge in [-0.15, -0.1) is 0 Å². The van der Waals surface area contributed by atoms with Gasteiger partial charge in [0.05, 0.1) is 16.8 Å². The van der Waals surface area contributed by atoms with Gasteiger partial charge < -0.3 is 15.4 Å². The molecule has 3 rings (SSSR count). The number of benzene rings is 2.